The molecule has 10 heteroatoms. The minimum Gasteiger partial charge on any atom is -0.453 e. The van der Waals surface area contributed by atoms with Gasteiger partial charge in [-0.3, -0.25) is 9.59 Å². The highest BCUT2D eigenvalue weighted by atomic mass is 32.2. The number of rotatable bonds is 11. The summed E-state index contributed by atoms with van der Waals surface area (Å²) in [6.07, 6.45) is 1.95. The summed E-state index contributed by atoms with van der Waals surface area (Å²) in [5, 5.41) is 13.3. The fourth-order valence-electron chi connectivity index (χ4n) is 5.32. The van der Waals surface area contributed by atoms with E-state index in [2.05, 4.69) is 23.3 Å². The van der Waals surface area contributed by atoms with Crippen molar-refractivity contribution in [3.63, 3.8) is 0 Å². The van der Waals surface area contributed by atoms with Crippen LogP contribution in [-0.2, 0) is 44.0 Å². The van der Waals surface area contributed by atoms with E-state index in [1.807, 2.05) is 84.5 Å². The standard InChI is InChI=1S/C35H39N3O6S/c1-22-31(21-45-35-36-15-16-38(35)4)43-34(44-32(22)27-13-11-25(20-39)12-14-27)30-10-6-9-29(18-30)28-8-5-7-26(17-28)19-37-33(41)23(2)42-24(3)40/h5-18,22-23,31-32,34,39H,19-21H2,1-4H3,(H,37,41)/t22-,23+,31+,32+,34+/m1/s1. The number of aromatic nitrogens is 2. The van der Waals surface area contributed by atoms with Crippen LogP contribution in [0.2, 0.25) is 0 Å². The number of amides is 1. The molecule has 1 aromatic heterocycles. The Labute approximate surface area is 267 Å². The van der Waals surface area contributed by atoms with E-state index in [1.54, 1.807) is 24.9 Å². The van der Waals surface area contributed by atoms with Crippen LogP contribution in [0.3, 0.4) is 0 Å². The molecular weight excluding hydrogens is 590 g/mol. The van der Waals surface area contributed by atoms with Gasteiger partial charge in [-0.05, 0) is 46.9 Å². The molecule has 0 saturated carbocycles. The predicted molar refractivity (Wildman–Crippen MR) is 172 cm³/mol. The number of hydrogen-bond donors (Lipinski definition) is 2. The minimum absolute atomic E-state index is 0.0101. The molecule has 1 fully saturated rings. The lowest BCUT2D eigenvalue weighted by molar-refractivity contribution is -0.268. The second-order valence-electron chi connectivity index (χ2n) is 11.2. The van der Waals surface area contributed by atoms with E-state index in [0.717, 1.165) is 38.5 Å². The Hall–Kier alpha value is -3.96. The van der Waals surface area contributed by atoms with Crippen molar-refractivity contribution in [2.75, 3.05) is 5.75 Å². The van der Waals surface area contributed by atoms with Crippen LogP contribution >= 0.6 is 11.8 Å². The van der Waals surface area contributed by atoms with Crippen molar-refractivity contribution >= 4 is 23.6 Å². The van der Waals surface area contributed by atoms with Crippen molar-refractivity contribution in [3.8, 4) is 11.1 Å². The molecule has 1 amide bonds. The number of carbonyl (C=O) groups is 2. The summed E-state index contributed by atoms with van der Waals surface area (Å²) < 4.78 is 20.3. The molecule has 0 aliphatic carbocycles. The minimum atomic E-state index is -0.858. The molecule has 236 valence electrons. The number of hydrogen-bond acceptors (Lipinski definition) is 8. The zero-order valence-electron chi connectivity index (χ0n) is 25.9. The number of esters is 1. The summed E-state index contributed by atoms with van der Waals surface area (Å²) in [7, 11) is 1.98. The first kappa shape index (κ1) is 32.4. The first-order valence-corrected chi connectivity index (χ1v) is 16.0. The van der Waals surface area contributed by atoms with Crippen LogP contribution in [0.25, 0.3) is 11.1 Å². The molecular formula is C35H39N3O6S. The maximum Gasteiger partial charge on any atom is 0.303 e. The zero-order chi connectivity index (χ0) is 31.9. The van der Waals surface area contributed by atoms with Crippen LogP contribution < -0.4 is 5.32 Å². The van der Waals surface area contributed by atoms with Gasteiger partial charge < -0.3 is 29.2 Å². The van der Waals surface area contributed by atoms with Gasteiger partial charge in [-0.2, -0.15) is 0 Å². The van der Waals surface area contributed by atoms with Gasteiger partial charge in [0.1, 0.15) is 0 Å². The fourth-order valence-corrected chi connectivity index (χ4v) is 6.41. The van der Waals surface area contributed by atoms with Gasteiger partial charge in [0, 0.05) is 50.1 Å². The second-order valence-corrected chi connectivity index (χ2v) is 12.2. The summed E-state index contributed by atoms with van der Waals surface area (Å²) in [5.41, 5.74) is 5.68. The number of ether oxygens (including phenoxy) is 3. The first-order valence-electron chi connectivity index (χ1n) is 15.0. The Morgan fingerprint density at radius 2 is 1.76 bits per heavy atom. The van der Waals surface area contributed by atoms with E-state index in [-0.39, 0.29) is 30.6 Å². The molecule has 5 rings (SSSR count). The highest BCUT2D eigenvalue weighted by molar-refractivity contribution is 7.99. The summed E-state index contributed by atoms with van der Waals surface area (Å²) in [5.74, 6) is -0.0769. The van der Waals surface area contributed by atoms with Crippen molar-refractivity contribution in [1.82, 2.24) is 14.9 Å². The van der Waals surface area contributed by atoms with Gasteiger partial charge in [0.2, 0.25) is 0 Å². The van der Waals surface area contributed by atoms with E-state index in [9.17, 15) is 14.7 Å². The van der Waals surface area contributed by atoms with Crippen LogP contribution in [0.5, 0.6) is 0 Å². The van der Waals surface area contributed by atoms with Crippen LogP contribution in [0, 0.1) is 5.92 Å². The normalized spacial score (nSPS) is 20.4. The number of thioether (sulfide) groups is 1. The third-order valence-electron chi connectivity index (χ3n) is 7.87. The van der Waals surface area contributed by atoms with Gasteiger partial charge in [0.25, 0.3) is 5.91 Å². The number of aliphatic hydroxyl groups is 1. The van der Waals surface area contributed by atoms with E-state index in [1.165, 1.54) is 6.92 Å². The van der Waals surface area contributed by atoms with E-state index in [4.69, 9.17) is 14.2 Å². The maximum atomic E-state index is 12.3. The van der Waals surface area contributed by atoms with Crippen molar-refractivity contribution in [3.05, 3.63) is 107 Å². The monoisotopic (exact) mass is 629 g/mol. The topological polar surface area (TPSA) is 112 Å². The molecule has 1 aliphatic rings. The average Bonchev–Trinajstić information content (AvgIpc) is 3.47. The molecule has 0 bridgehead atoms. The highest BCUT2D eigenvalue weighted by Crippen LogP contribution is 2.43. The molecule has 0 radical (unpaired) electrons. The van der Waals surface area contributed by atoms with Crippen LogP contribution in [0.15, 0.2) is 90.3 Å². The van der Waals surface area contributed by atoms with Gasteiger partial charge in [-0.25, -0.2) is 4.98 Å². The summed E-state index contributed by atoms with van der Waals surface area (Å²) in [6.45, 7) is 5.27. The Balaban J connectivity index is 1.36. The largest absolute Gasteiger partial charge is 0.453 e. The molecule has 0 spiro atoms. The van der Waals surface area contributed by atoms with Crippen LogP contribution in [0.4, 0.5) is 0 Å². The second kappa shape index (κ2) is 14.9. The number of nitrogens with one attached hydrogen (secondary N) is 1. The highest BCUT2D eigenvalue weighted by Gasteiger charge is 2.38. The van der Waals surface area contributed by atoms with Gasteiger partial charge in [-0.15, -0.1) is 0 Å². The molecule has 0 unspecified atom stereocenters. The average molecular weight is 630 g/mol. The maximum absolute atomic E-state index is 12.3. The lowest BCUT2D eigenvalue weighted by Gasteiger charge is -2.41. The SMILES string of the molecule is CC(=O)O[C@@H](C)C(=O)NCc1cccc(-c2cccc([C@H]3O[C@@H](CSc4nccn4C)[C@@H](C)[C@@H](c4ccc(CO)cc4)O3)c2)c1. The van der Waals surface area contributed by atoms with Gasteiger partial charge in [0.05, 0.1) is 18.8 Å². The Morgan fingerprint density at radius 3 is 2.44 bits per heavy atom. The van der Waals surface area contributed by atoms with E-state index in [0.29, 0.717) is 12.3 Å². The van der Waals surface area contributed by atoms with Crippen LogP contribution in [0.1, 0.15) is 55.4 Å². The predicted octanol–water partition coefficient (Wildman–Crippen LogP) is 5.73. The van der Waals surface area contributed by atoms with Crippen molar-refractivity contribution in [2.45, 2.75) is 63.7 Å². The van der Waals surface area contributed by atoms with Crippen molar-refractivity contribution < 1.29 is 28.9 Å². The van der Waals surface area contributed by atoms with Crippen molar-refractivity contribution in [1.29, 1.82) is 0 Å². The molecule has 3 aromatic carbocycles. The van der Waals surface area contributed by atoms with Crippen molar-refractivity contribution in [2.24, 2.45) is 13.0 Å². The third-order valence-corrected chi connectivity index (χ3v) is 9.02. The molecule has 45 heavy (non-hydrogen) atoms. The molecule has 9 nitrogen and oxygen atoms in total. The molecule has 2 heterocycles. The van der Waals surface area contributed by atoms with Gasteiger partial charge >= 0.3 is 5.97 Å². The Bertz CT molecular complexity index is 1610. The Morgan fingerprint density at radius 1 is 1.02 bits per heavy atom. The number of aryl methyl sites for hydroxylation is 1. The van der Waals surface area contributed by atoms with E-state index >= 15 is 0 Å². The number of nitrogens with zero attached hydrogens (tertiary/aromatic N) is 2. The third kappa shape index (κ3) is 8.20. The number of benzene rings is 3. The molecule has 4 aromatic rings. The number of aliphatic hydroxyl groups excluding tert-OH is 1. The van der Waals surface area contributed by atoms with E-state index < -0.39 is 18.4 Å². The molecule has 5 atom stereocenters. The van der Waals surface area contributed by atoms with Crippen LogP contribution in [-0.4, -0.2) is 44.5 Å². The molecule has 1 aliphatic heterocycles. The van der Waals surface area contributed by atoms with Gasteiger partial charge in [-0.1, -0.05) is 79.3 Å². The lowest BCUT2D eigenvalue weighted by atomic mass is 9.91. The summed E-state index contributed by atoms with van der Waals surface area (Å²) >= 11 is 1.66. The fraction of sp³-hybridized carbons (Fsp3) is 0.343. The summed E-state index contributed by atoms with van der Waals surface area (Å²) in [6, 6.07) is 24.0. The smallest absolute Gasteiger partial charge is 0.303 e. The quantitative estimate of drug-likeness (QED) is 0.160. The first-order chi connectivity index (χ1) is 21.7. The Kier molecular flexibility index (Phi) is 10.7. The lowest BCUT2D eigenvalue weighted by Crippen LogP contribution is -2.38. The number of imidazole rings is 1. The molecule has 1 saturated heterocycles. The van der Waals surface area contributed by atoms with Gasteiger partial charge in [0.15, 0.2) is 17.6 Å². The summed E-state index contributed by atoms with van der Waals surface area (Å²) in [4.78, 5) is 28.0. The molecule has 2 N–H and O–H groups in total. The zero-order valence-corrected chi connectivity index (χ0v) is 26.7. The number of carbonyl (C=O) groups excluding carboxylic acids is 2.